The van der Waals surface area contributed by atoms with Crippen LogP contribution in [0, 0.1) is 23.7 Å². The number of hydrogen-bond acceptors (Lipinski definition) is 9. The fraction of sp³-hybridized carbons (Fsp3) is 0.512. The molecule has 0 bridgehead atoms. The minimum atomic E-state index is -1.80. The van der Waals surface area contributed by atoms with Crippen LogP contribution in [0.5, 0.6) is 0 Å². The molecule has 5 heterocycles. The summed E-state index contributed by atoms with van der Waals surface area (Å²) in [6.07, 6.45) is 9.50. The van der Waals surface area contributed by atoms with Crippen LogP contribution in [0.25, 0.3) is 11.0 Å². The number of aryl methyl sites for hydroxylation is 1. The molecule has 2 aromatic heterocycles. The Balaban J connectivity index is 0.876. The second-order valence-electron chi connectivity index (χ2n) is 16.9. The third kappa shape index (κ3) is 6.46. The van der Waals surface area contributed by atoms with Crippen molar-refractivity contribution in [2.24, 2.45) is 28.8 Å². The Morgan fingerprint density at radius 3 is 1.89 bits per heavy atom. The molecule has 2 amide bonds. The topological polar surface area (TPSA) is 129 Å². The average Bonchev–Trinajstić information content (AvgIpc) is 3.66. The zero-order chi connectivity index (χ0) is 37.1. The molecule has 5 fully saturated rings. The van der Waals surface area contributed by atoms with Gasteiger partial charge < -0.3 is 20.8 Å². The Bertz CT molecular complexity index is 1990. The van der Waals surface area contributed by atoms with Crippen molar-refractivity contribution in [3.05, 3.63) is 89.7 Å². The lowest BCUT2D eigenvalue weighted by atomic mass is 9.90. The van der Waals surface area contributed by atoms with Gasteiger partial charge in [0.05, 0.1) is 29.4 Å². The van der Waals surface area contributed by atoms with E-state index in [0.29, 0.717) is 42.0 Å². The molecule has 10 rings (SSSR count). The van der Waals surface area contributed by atoms with Gasteiger partial charge >= 0.3 is 0 Å². The quantitative estimate of drug-likeness (QED) is 0.181. The van der Waals surface area contributed by atoms with E-state index in [1.165, 1.54) is 30.4 Å². The molecule has 286 valence electrons. The number of nitrogens with zero attached hydrogens (tertiary/aromatic N) is 6. The molecule has 4 unspecified atom stereocenters. The molecule has 2 aromatic carbocycles. The number of pyridine rings is 1. The van der Waals surface area contributed by atoms with Gasteiger partial charge in [-0.2, -0.15) is 5.10 Å². The van der Waals surface area contributed by atoms with Gasteiger partial charge in [0, 0.05) is 75.7 Å². The number of likely N-dealkylation sites (tertiary alicyclic amines) is 2. The third-order valence-corrected chi connectivity index (χ3v) is 13.3. The summed E-state index contributed by atoms with van der Waals surface area (Å²) in [4.78, 5) is 45.1. The maximum absolute atomic E-state index is 14.6. The van der Waals surface area contributed by atoms with Crippen LogP contribution < -0.4 is 16.0 Å². The second-order valence-corrected chi connectivity index (χ2v) is 16.9. The summed E-state index contributed by atoms with van der Waals surface area (Å²) in [7, 11) is 0. The lowest BCUT2D eigenvalue weighted by Gasteiger charge is -2.27. The molecule has 0 spiro atoms. The van der Waals surface area contributed by atoms with E-state index in [4.69, 9.17) is 9.82 Å². The summed E-state index contributed by atoms with van der Waals surface area (Å²) in [5.74, 6) is 0.650. The highest BCUT2D eigenvalue weighted by Gasteiger charge is 2.63. The minimum Gasteiger partial charge on any atom is -0.381 e. The number of rotatable bonds is 12. The van der Waals surface area contributed by atoms with Gasteiger partial charge in [-0.05, 0) is 54.6 Å². The van der Waals surface area contributed by atoms with Gasteiger partial charge in [-0.3, -0.25) is 19.4 Å². The fourth-order valence-electron chi connectivity index (χ4n) is 10.1. The number of hydrogen-bond donors (Lipinski definition) is 3. The number of fused-ring (bicyclic) bond motifs is 3. The summed E-state index contributed by atoms with van der Waals surface area (Å²) >= 11 is 0. The number of aromatic nitrogens is 3. The SMILES string of the molecule is CCn1ncc2c(NC3CCCCC3)c(C3=NOC(C(=O)NC4C5CN(Cc6ccccc6)CC54)(C(=O)NC4C5CN(Cc6ccccc6)CC54)C3)cnc21. The van der Waals surface area contributed by atoms with Crippen LogP contribution in [0.4, 0.5) is 5.69 Å². The first kappa shape index (κ1) is 34.7. The Morgan fingerprint density at radius 1 is 0.782 bits per heavy atom. The van der Waals surface area contributed by atoms with E-state index < -0.39 is 17.4 Å². The predicted molar refractivity (Wildman–Crippen MR) is 210 cm³/mol. The van der Waals surface area contributed by atoms with E-state index in [-0.39, 0.29) is 18.5 Å². The molecule has 4 atom stereocenters. The molecule has 3 N–H and O–H groups in total. The van der Waals surface area contributed by atoms with Gasteiger partial charge in [0.2, 0.25) is 0 Å². The number of oxime groups is 1. The highest BCUT2D eigenvalue weighted by molar-refractivity contribution is 6.19. The molecule has 2 saturated heterocycles. The maximum atomic E-state index is 14.6. The Morgan fingerprint density at radius 2 is 1.35 bits per heavy atom. The Hall–Kier alpha value is -4.81. The molecule has 4 aromatic rings. The third-order valence-electron chi connectivity index (χ3n) is 13.3. The van der Waals surface area contributed by atoms with Gasteiger partial charge in [-0.15, -0.1) is 0 Å². The number of carbonyl (C=O) groups excluding carboxylic acids is 2. The zero-order valence-corrected chi connectivity index (χ0v) is 31.6. The van der Waals surface area contributed by atoms with Crippen molar-refractivity contribution in [2.75, 3.05) is 31.5 Å². The van der Waals surface area contributed by atoms with E-state index in [0.717, 1.165) is 74.4 Å². The monoisotopic (exact) mass is 741 g/mol. The number of amides is 2. The molecule has 0 radical (unpaired) electrons. The number of anilines is 1. The minimum absolute atomic E-state index is 0.0186. The predicted octanol–water partition coefficient (Wildman–Crippen LogP) is 4.55. The second kappa shape index (κ2) is 14.0. The van der Waals surface area contributed by atoms with Crippen molar-refractivity contribution in [3.63, 3.8) is 0 Å². The highest BCUT2D eigenvalue weighted by Crippen LogP contribution is 2.48. The van der Waals surface area contributed by atoms with Crippen LogP contribution in [0.15, 0.2) is 78.2 Å². The number of benzene rings is 2. The first-order valence-electron chi connectivity index (χ1n) is 20.5. The van der Waals surface area contributed by atoms with Crippen molar-refractivity contribution in [1.29, 1.82) is 0 Å². The Labute approximate surface area is 322 Å². The Kier molecular flexibility index (Phi) is 8.85. The van der Waals surface area contributed by atoms with E-state index in [1.54, 1.807) is 0 Å². The summed E-state index contributed by atoms with van der Waals surface area (Å²) in [5, 5.41) is 20.5. The summed E-state index contributed by atoms with van der Waals surface area (Å²) in [6, 6.07) is 21.4. The molecule has 55 heavy (non-hydrogen) atoms. The smallest absolute Gasteiger partial charge is 0.297 e. The van der Waals surface area contributed by atoms with Gasteiger partial charge in [0.25, 0.3) is 17.4 Å². The molecule has 3 aliphatic heterocycles. The number of piperidine rings is 2. The summed E-state index contributed by atoms with van der Waals surface area (Å²) < 4.78 is 1.89. The van der Waals surface area contributed by atoms with Crippen LogP contribution in [0.2, 0.25) is 0 Å². The van der Waals surface area contributed by atoms with Crippen molar-refractivity contribution < 1.29 is 14.4 Å². The molecular formula is C43H51N9O3. The van der Waals surface area contributed by atoms with Crippen molar-refractivity contribution in [2.45, 2.75) is 88.8 Å². The lowest BCUT2D eigenvalue weighted by Crippen LogP contribution is -2.59. The summed E-state index contributed by atoms with van der Waals surface area (Å²) in [6.45, 7) is 8.25. The van der Waals surface area contributed by atoms with Gasteiger partial charge in [0.15, 0.2) is 5.65 Å². The van der Waals surface area contributed by atoms with Crippen molar-refractivity contribution in [3.8, 4) is 0 Å². The average molecular weight is 742 g/mol. The normalized spacial score (nSPS) is 30.0. The van der Waals surface area contributed by atoms with Crippen LogP contribution in [-0.4, -0.2) is 92.0 Å². The first-order valence-corrected chi connectivity index (χ1v) is 20.5. The van der Waals surface area contributed by atoms with Crippen LogP contribution in [0.3, 0.4) is 0 Å². The largest absolute Gasteiger partial charge is 0.381 e. The molecular weight excluding hydrogens is 691 g/mol. The van der Waals surface area contributed by atoms with Crippen molar-refractivity contribution in [1.82, 2.24) is 35.2 Å². The molecule has 12 heteroatoms. The van der Waals surface area contributed by atoms with E-state index >= 15 is 0 Å². The van der Waals surface area contributed by atoms with Crippen molar-refractivity contribution >= 4 is 34.2 Å². The molecule has 3 aliphatic carbocycles. The molecule has 6 aliphatic rings. The molecule has 3 saturated carbocycles. The van der Waals surface area contributed by atoms with Crippen LogP contribution in [-0.2, 0) is 34.1 Å². The van der Waals surface area contributed by atoms with Gasteiger partial charge in [0.1, 0.15) is 0 Å². The van der Waals surface area contributed by atoms with E-state index in [2.05, 4.69) is 91.5 Å². The van der Waals surface area contributed by atoms with E-state index in [1.807, 2.05) is 29.2 Å². The van der Waals surface area contributed by atoms with Crippen LogP contribution in [0.1, 0.15) is 62.1 Å². The van der Waals surface area contributed by atoms with Crippen LogP contribution >= 0.6 is 0 Å². The standard InChI is InChI=1S/C43H51N9O3/c1-2-52-40-31(20-45-52)37(46-29-16-10-5-11-17-29)30(19-44-40)36-18-43(55-49-36,41(53)47-38-32-23-50(24-33(32)38)21-27-12-6-3-7-13-27)42(54)48-39-34-25-51(26-35(34)39)22-28-14-8-4-9-15-28/h3-4,6-9,12-15,19-20,29,32-35,38-39H,2,5,10-11,16-18,21-26H2,1H3,(H,44,46)(H,47,53)(H,48,54). The summed E-state index contributed by atoms with van der Waals surface area (Å²) in [5.41, 5.74) is 3.80. The van der Waals surface area contributed by atoms with Gasteiger partial charge in [-0.1, -0.05) is 85.1 Å². The first-order chi connectivity index (χ1) is 27.0. The zero-order valence-electron chi connectivity index (χ0n) is 31.6. The lowest BCUT2D eigenvalue weighted by molar-refractivity contribution is -0.158. The van der Waals surface area contributed by atoms with Gasteiger partial charge in [-0.25, -0.2) is 9.67 Å². The number of nitrogens with one attached hydrogen (secondary N) is 3. The fourth-order valence-corrected chi connectivity index (χ4v) is 10.1. The number of carbonyl (C=O) groups is 2. The highest BCUT2D eigenvalue weighted by atomic mass is 16.7. The van der Waals surface area contributed by atoms with E-state index in [9.17, 15) is 9.59 Å². The maximum Gasteiger partial charge on any atom is 0.297 e. The molecule has 12 nitrogen and oxygen atoms in total.